The van der Waals surface area contributed by atoms with Crippen LogP contribution in [0.4, 0.5) is 10.5 Å². The molecule has 174 valence electrons. The van der Waals surface area contributed by atoms with Gasteiger partial charge < -0.3 is 15.2 Å². The fourth-order valence-electron chi connectivity index (χ4n) is 3.61. The molecule has 3 N–H and O–H groups in total. The van der Waals surface area contributed by atoms with E-state index in [0.717, 1.165) is 29.8 Å². The van der Waals surface area contributed by atoms with Gasteiger partial charge in [-0.2, -0.15) is 10.2 Å². The summed E-state index contributed by atoms with van der Waals surface area (Å²) in [7, 11) is 0. The summed E-state index contributed by atoms with van der Waals surface area (Å²) in [4.78, 5) is 21.3. The van der Waals surface area contributed by atoms with Crippen molar-refractivity contribution < 1.29 is 19.1 Å². The number of nitrogens with one attached hydrogen (secondary N) is 1. The lowest BCUT2D eigenvalue weighted by Gasteiger charge is -2.28. The summed E-state index contributed by atoms with van der Waals surface area (Å²) in [6, 6.07) is 16.9. The molecule has 1 aliphatic heterocycles. The van der Waals surface area contributed by atoms with Crippen LogP contribution in [0.25, 0.3) is 11.1 Å². The first-order chi connectivity index (χ1) is 16.2. The number of nitrogens with zero attached hydrogens (tertiary/aromatic N) is 3. The van der Waals surface area contributed by atoms with Crippen LogP contribution in [0.1, 0.15) is 11.7 Å². The van der Waals surface area contributed by atoms with Crippen LogP contribution >= 0.6 is 0 Å². The molecule has 0 aliphatic carbocycles. The monoisotopic (exact) mass is 451 g/mol. The maximum absolute atomic E-state index is 13.2. The smallest absolute Gasteiger partial charge is 0.438 e. The van der Waals surface area contributed by atoms with Crippen LogP contribution in [0.5, 0.6) is 0 Å². The number of nitrogens with two attached hydrogens (primary N) is 1. The van der Waals surface area contributed by atoms with E-state index in [1.807, 2.05) is 60.8 Å². The van der Waals surface area contributed by atoms with Gasteiger partial charge in [0, 0.05) is 37.9 Å². The molecule has 1 amide bonds. The molecule has 3 aromatic rings. The Hall–Kier alpha value is -3.24. The van der Waals surface area contributed by atoms with Crippen LogP contribution in [-0.2, 0) is 14.3 Å². The van der Waals surface area contributed by atoms with Gasteiger partial charge in [-0.15, -0.1) is 0 Å². The lowest BCUT2D eigenvalue weighted by molar-refractivity contribution is 0.0116. The van der Waals surface area contributed by atoms with E-state index in [-0.39, 0.29) is 6.54 Å². The van der Waals surface area contributed by atoms with Gasteiger partial charge in [0.15, 0.2) is 0 Å². The quantitative estimate of drug-likeness (QED) is 0.482. The van der Waals surface area contributed by atoms with E-state index in [1.54, 1.807) is 6.20 Å². The molecule has 1 aromatic heterocycles. The van der Waals surface area contributed by atoms with E-state index in [2.05, 4.69) is 15.1 Å². The van der Waals surface area contributed by atoms with Gasteiger partial charge >= 0.3 is 6.09 Å². The summed E-state index contributed by atoms with van der Waals surface area (Å²) in [5, 5.41) is 7.98. The van der Waals surface area contributed by atoms with Crippen molar-refractivity contribution in [2.24, 2.45) is 5.73 Å². The molecule has 1 atom stereocenters. The van der Waals surface area contributed by atoms with E-state index in [1.165, 1.54) is 5.06 Å². The van der Waals surface area contributed by atoms with Crippen molar-refractivity contribution in [1.82, 2.24) is 15.1 Å². The minimum Gasteiger partial charge on any atom is -0.438 e. The van der Waals surface area contributed by atoms with E-state index in [0.29, 0.717) is 32.1 Å². The van der Waals surface area contributed by atoms with Gasteiger partial charge in [0.1, 0.15) is 6.10 Å². The van der Waals surface area contributed by atoms with Gasteiger partial charge in [0.05, 0.1) is 31.7 Å². The fraction of sp³-hybridized carbons (Fsp3) is 0.333. The Bertz CT molecular complexity index is 976. The third kappa shape index (κ3) is 6.17. The van der Waals surface area contributed by atoms with Crippen molar-refractivity contribution >= 4 is 11.8 Å². The third-order valence-electron chi connectivity index (χ3n) is 5.46. The zero-order chi connectivity index (χ0) is 22.9. The van der Waals surface area contributed by atoms with Crippen LogP contribution in [-0.4, -0.2) is 67.2 Å². The average molecular weight is 452 g/mol. The number of aromatic nitrogens is 2. The van der Waals surface area contributed by atoms with Crippen LogP contribution < -0.4 is 10.8 Å². The van der Waals surface area contributed by atoms with Gasteiger partial charge in [0.2, 0.25) is 0 Å². The summed E-state index contributed by atoms with van der Waals surface area (Å²) in [6.45, 7) is 4.27. The maximum atomic E-state index is 13.2. The number of morpholine rings is 1. The number of rotatable bonds is 9. The summed E-state index contributed by atoms with van der Waals surface area (Å²) < 4.78 is 11.1. The summed E-state index contributed by atoms with van der Waals surface area (Å²) in [5.74, 6) is 0. The standard InChI is InChI=1S/C24H29N5O4/c25-16-23(20-4-2-1-3-5-20)33-24(30)29(32-15-12-28-10-13-31-14-11-28)22-8-6-19(7-9-22)21-17-26-27-18-21/h1-9,17-18,23H,10-16,25H2,(H,26,27). The number of aromatic amines is 1. The Morgan fingerprint density at radius 1 is 1.12 bits per heavy atom. The molecule has 0 radical (unpaired) electrons. The van der Waals surface area contributed by atoms with Gasteiger partial charge in [-0.05, 0) is 23.3 Å². The van der Waals surface area contributed by atoms with Crippen LogP contribution in [0.3, 0.4) is 0 Å². The first kappa shape index (κ1) is 22.9. The molecule has 1 aliphatic rings. The summed E-state index contributed by atoms with van der Waals surface area (Å²) >= 11 is 0. The summed E-state index contributed by atoms with van der Waals surface area (Å²) in [5.41, 5.74) is 9.22. The Kier molecular flexibility index (Phi) is 8.04. The van der Waals surface area contributed by atoms with Crippen molar-refractivity contribution in [2.45, 2.75) is 6.10 Å². The second-order valence-corrected chi connectivity index (χ2v) is 7.63. The SMILES string of the molecule is NCC(OC(=O)N(OCCN1CCOCC1)c1ccc(-c2cn[nH]c2)cc1)c1ccccc1. The number of carbonyl (C=O) groups is 1. The Morgan fingerprint density at radius 2 is 1.88 bits per heavy atom. The van der Waals surface area contributed by atoms with E-state index >= 15 is 0 Å². The first-order valence-electron chi connectivity index (χ1n) is 11.0. The molecule has 1 saturated heterocycles. The molecular formula is C24H29N5O4. The van der Waals surface area contributed by atoms with E-state index < -0.39 is 12.2 Å². The maximum Gasteiger partial charge on any atom is 0.439 e. The van der Waals surface area contributed by atoms with Crippen molar-refractivity contribution in [3.63, 3.8) is 0 Å². The van der Waals surface area contributed by atoms with E-state index in [4.69, 9.17) is 20.0 Å². The molecule has 9 nitrogen and oxygen atoms in total. The van der Waals surface area contributed by atoms with Crippen LogP contribution in [0, 0.1) is 0 Å². The second kappa shape index (κ2) is 11.6. The zero-order valence-electron chi connectivity index (χ0n) is 18.4. The van der Waals surface area contributed by atoms with E-state index in [9.17, 15) is 4.79 Å². The Labute approximate surface area is 193 Å². The summed E-state index contributed by atoms with van der Waals surface area (Å²) in [6.07, 6.45) is 2.36. The fourth-order valence-corrected chi connectivity index (χ4v) is 3.61. The number of carbonyl (C=O) groups excluding carboxylic acids is 1. The molecular weight excluding hydrogens is 422 g/mol. The van der Waals surface area contributed by atoms with Crippen molar-refractivity contribution in [1.29, 1.82) is 0 Å². The van der Waals surface area contributed by atoms with Crippen molar-refractivity contribution in [2.75, 3.05) is 51.1 Å². The number of amides is 1. The largest absolute Gasteiger partial charge is 0.439 e. The molecule has 0 bridgehead atoms. The average Bonchev–Trinajstić information content (AvgIpc) is 3.41. The Morgan fingerprint density at radius 3 is 2.55 bits per heavy atom. The number of H-pyrrole nitrogens is 1. The molecule has 4 rings (SSSR count). The van der Waals surface area contributed by atoms with Crippen LogP contribution in [0.2, 0.25) is 0 Å². The highest BCUT2D eigenvalue weighted by Crippen LogP contribution is 2.25. The van der Waals surface area contributed by atoms with Crippen molar-refractivity contribution in [3.8, 4) is 11.1 Å². The van der Waals surface area contributed by atoms with Gasteiger partial charge in [-0.3, -0.25) is 14.8 Å². The number of hydrogen-bond donors (Lipinski definition) is 2. The molecule has 1 unspecified atom stereocenters. The van der Waals surface area contributed by atoms with Gasteiger partial charge in [-0.1, -0.05) is 42.5 Å². The predicted molar refractivity (Wildman–Crippen MR) is 124 cm³/mol. The normalized spacial score (nSPS) is 15.2. The third-order valence-corrected chi connectivity index (χ3v) is 5.46. The van der Waals surface area contributed by atoms with Crippen molar-refractivity contribution in [3.05, 3.63) is 72.6 Å². The first-order valence-corrected chi connectivity index (χ1v) is 11.0. The number of anilines is 1. The van der Waals surface area contributed by atoms with Gasteiger partial charge in [0.25, 0.3) is 0 Å². The molecule has 2 heterocycles. The second-order valence-electron chi connectivity index (χ2n) is 7.63. The highest BCUT2D eigenvalue weighted by Gasteiger charge is 2.24. The predicted octanol–water partition coefficient (Wildman–Crippen LogP) is 2.98. The number of hydrogen-bond acceptors (Lipinski definition) is 7. The topological polar surface area (TPSA) is 106 Å². The molecule has 0 spiro atoms. The highest BCUT2D eigenvalue weighted by molar-refractivity contribution is 5.86. The molecule has 2 aromatic carbocycles. The Balaban J connectivity index is 1.47. The number of ether oxygens (including phenoxy) is 2. The molecule has 1 fully saturated rings. The minimum atomic E-state index is -0.618. The minimum absolute atomic E-state index is 0.163. The molecule has 0 saturated carbocycles. The van der Waals surface area contributed by atoms with Gasteiger partial charge in [-0.25, -0.2) is 4.79 Å². The zero-order valence-corrected chi connectivity index (χ0v) is 18.4. The molecule has 33 heavy (non-hydrogen) atoms. The molecule has 9 heteroatoms. The van der Waals surface area contributed by atoms with Crippen LogP contribution in [0.15, 0.2) is 67.0 Å². The highest BCUT2D eigenvalue weighted by atomic mass is 16.7. The number of hydroxylamine groups is 1. The lowest BCUT2D eigenvalue weighted by Crippen LogP contribution is -2.41. The lowest BCUT2D eigenvalue weighted by atomic mass is 10.1. The number of benzene rings is 2.